The molecule has 2 aliphatic rings. The van der Waals surface area contributed by atoms with E-state index in [9.17, 15) is 9.59 Å². The average Bonchev–Trinajstić information content (AvgIpc) is 3.35. The lowest BCUT2D eigenvalue weighted by atomic mass is 10.1. The molecule has 5 heteroatoms. The Balaban J connectivity index is 1.45. The molecule has 2 fully saturated rings. The Labute approximate surface area is 153 Å². The zero-order valence-electron chi connectivity index (χ0n) is 14.7. The number of amides is 2. The molecule has 0 radical (unpaired) electrons. The van der Waals surface area contributed by atoms with Gasteiger partial charge in [-0.25, -0.2) is 0 Å². The number of nitrogens with zero attached hydrogens (tertiary/aromatic N) is 2. The topological polar surface area (TPSA) is 53.2 Å². The number of epoxide rings is 1. The SMILES string of the molecule is CN(C(=O)[C@@H]1CCCN1C(=O)[C@H]1O[C@@H]1c1ccccc1)c1ccccc1. The second-order valence-corrected chi connectivity index (χ2v) is 6.81. The molecule has 0 bridgehead atoms. The number of ether oxygens (including phenoxy) is 1. The van der Waals surface area contributed by atoms with Crippen LogP contribution in [0.25, 0.3) is 0 Å². The smallest absolute Gasteiger partial charge is 0.255 e. The number of likely N-dealkylation sites (N-methyl/N-ethyl adjacent to an activating group) is 1. The van der Waals surface area contributed by atoms with Crippen molar-refractivity contribution in [3.63, 3.8) is 0 Å². The Morgan fingerprint density at radius 1 is 1.04 bits per heavy atom. The van der Waals surface area contributed by atoms with Crippen LogP contribution < -0.4 is 4.90 Å². The highest BCUT2D eigenvalue weighted by atomic mass is 16.6. The molecule has 2 saturated heterocycles. The maximum atomic E-state index is 12.9. The van der Waals surface area contributed by atoms with Gasteiger partial charge < -0.3 is 14.5 Å². The van der Waals surface area contributed by atoms with Crippen LogP contribution in [-0.2, 0) is 14.3 Å². The number of carbonyl (C=O) groups excluding carboxylic acids is 2. The molecule has 2 heterocycles. The third-order valence-electron chi connectivity index (χ3n) is 5.16. The standard InChI is InChI=1S/C21H22N2O3/c1-22(16-11-6-3-7-12-16)20(24)17-13-8-14-23(17)21(25)19-18(26-19)15-9-4-2-5-10-15/h2-7,9-12,17-19H,8,13-14H2,1H3/t17-,18+,19-/m0/s1. The fourth-order valence-corrected chi connectivity index (χ4v) is 3.65. The van der Waals surface area contributed by atoms with Crippen LogP contribution in [0.2, 0.25) is 0 Å². The first-order valence-electron chi connectivity index (χ1n) is 9.00. The summed E-state index contributed by atoms with van der Waals surface area (Å²) in [5.41, 5.74) is 1.84. The third kappa shape index (κ3) is 3.10. The summed E-state index contributed by atoms with van der Waals surface area (Å²) in [5.74, 6) is -0.116. The maximum Gasteiger partial charge on any atom is 0.255 e. The van der Waals surface area contributed by atoms with Crippen LogP contribution in [0.3, 0.4) is 0 Å². The second-order valence-electron chi connectivity index (χ2n) is 6.81. The van der Waals surface area contributed by atoms with Gasteiger partial charge in [0.2, 0.25) is 5.91 Å². The summed E-state index contributed by atoms with van der Waals surface area (Å²) in [4.78, 5) is 29.2. The number of hydrogen-bond acceptors (Lipinski definition) is 3. The van der Waals surface area contributed by atoms with E-state index in [1.165, 1.54) is 0 Å². The van der Waals surface area contributed by atoms with E-state index in [0.29, 0.717) is 13.0 Å². The minimum atomic E-state index is -0.465. The molecule has 0 aromatic heterocycles. The summed E-state index contributed by atoms with van der Waals surface area (Å²) >= 11 is 0. The number of likely N-dealkylation sites (tertiary alicyclic amines) is 1. The molecule has 2 aromatic carbocycles. The van der Waals surface area contributed by atoms with Gasteiger partial charge in [-0.2, -0.15) is 0 Å². The Bertz CT molecular complexity index is 793. The van der Waals surface area contributed by atoms with Crippen LogP contribution in [0.15, 0.2) is 60.7 Å². The van der Waals surface area contributed by atoms with Crippen molar-refractivity contribution in [2.24, 2.45) is 0 Å². The van der Waals surface area contributed by atoms with Crippen molar-refractivity contribution in [1.82, 2.24) is 4.90 Å². The van der Waals surface area contributed by atoms with Crippen molar-refractivity contribution >= 4 is 17.5 Å². The van der Waals surface area contributed by atoms with Gasteiger partial charge in [-0.1, -0.05) is 48.5 Å². The first-order chi connectivity index (χ1) is 12.7. The monoisotopic (exact) mass is 350 g/mol. The fourth-order valence-electron chi connectivity index (χ4n) is 3.65. The molecular formula is C21H22N2O3. The summed E-state index contributed by atoms with van der Waals surface area (Å²) in [6, 6.07) is 18.9. The average molecular weight is 350 g/mol. The summed E-state index contributed by atoms with van der Waals surface area (Å²) in [6.45, 7) is 0.610. The minimum Gasteiger partial charge on any atom is -0.354 e. The largest absolute Gasteiger partial charge is 0.354 e. The lowest BCUT2D eigenvalue weighted by Gasteiger charge is -2.27. The first-order valence-corrected chi connectivity index (χ1v) is 9.00. The van der Waals surface area contributed by atoms with Crippen molar-refractivity contribution < 1.29 is 14.3 Å². The Kier molecular flexibility index (Phi) is 4.47. The van der Waals surface area contributed by atoms with Gasteiger partial charge in [0, 0.05) is 19.3 Å². The lowest BCUT2D eigenvalue weighted by molar-refractivity contribution is -0.138. The Morgan fingerprint density at radius 2 is 1.69 bits per heavy atom. The van der Waals surface area contributed by atoms with Gasteiger partial charge in [0.05, 0.1) is 0 Å². The Hall–Kier alpha value is -2.66. The van der Waals surface area contributed by atoms with Gasteiger partial charge >= 0.3 is 0 Å². The van der Waals surface area contributed by atoms with Crippen molar-refractivity contribution in [3.05, 3.63) is 66.2 Å². The molecule has 0 N–H and O–H groups in total. The number of anilines is 1. The fraction of sp³-hybridized carbons (Fsp3) is 0.333. The van der Waals surface area contributed by atoms with Crippen LogP contribution in [0.1, 0.15) is 24.5 Å². The summed E-state index contributed by atoms with van der Waals surface area (Å²) in [6.07, 6.45) is 0.887. The molecule has 0 spiro atoms. The highest BCUT2D eigenvalue weighted by molar-refractivity contribution is 5.99. The van der Waals surface area contributed by atoms with Gasteiger partial charge in [0.1, 0.15) is 12.1 Å². The van der Waals surface area contributed by atoms with Gasteiger partial charge in [0.25, 0.3) is 5.91 Å². The number of hydrogen-bond donors (Lipinski definition) is 0. The van der Waals surface area contributed by atoms with Gasteiger partial charge in [0.15, 0.2) is 6.10 Å². The third-order valence-corrected chi connectivity index (χ3v) is 5.16. The minimum absolute atomic E-state index is 0.0426. The first kappa shape index (κ1) is 16.8. The summed E-state index contributed by atoms with van der Waals surface area (Å²) in [7, 11) is 1.76. The van der Waals surface area contributed by atoms with Crippen molar-refractivity contribution in [2.45, 2.75) is 31.1 Å². The zero-order chi connectivity index (χ0) is 18.1. The number of benzene rings is 2. The molecular weight excluding hydrogens is 328 g/mol. The number of para-hydroxylation sites is 1. The molecule has 134 valence electrons. The van der Waals surface area contributed by atoms with Crippen LogP contribution in [-0.4, -0.2) is 42.5 Å². The predicted molar refractivity (Wildman–Crippen MR) is 98.6 cm³/mol. The van der Waals surface area contributed by atoms with Crippen molar-refractivity contribution in [3.8, 4) is 0 Å². The van der Waals surface area contributed by atoms with Crippen LogP contribution in [0.4, 0.5) is 5.69 Å². The predicted octanol–water partition coefficient (Wildman–Crippen LogP) is 2.78. The van der Waals surface area contributed by atoms with Gasteiger partial charge in [-0.05, 0) is 30.5 Å². The number of carbonyl (C=O) groups is 2. The summed E-state index contributed by atoms with van der Waals surface area (Å²) in [5, 5.41) is 0. The molecule has 26 heavy (non-hydrogen) atoms. The molecule has 0 unspecified atom stereocenters. The molecule has 4 rings (SSSR count). The van der Waals surface area contributed by atoms with Gasteiger partial charge in [-0.3, -0.25) is 9.59 Å². The molecule has 0 aliphatic carbocycles. The van der Waals surface area contributed by atoms with E-state index >= 15 is 0 Å². The molecule has 2 aliphatic heterocycles. The maximum absolute atomic E-state index is 12.9. The highest BCUT2D eigenvalue weighted by Gasteiger charge is 2.50. The van der Waals surface area contributed by atoms with E-state index in [-0.39, 0.29) is 17.9 Å². The number of rotatable bonds is 4. The highest BCUT2D eigenvalue weighted by Crippen LogP contribution is 2.40. The van der Waals surface area contributed by atoms with E-state index in [1.54, 1.807) is 16.8 Å². The van der Waals surface area contributed by atoms with E-state index in [1.807, 2.05) is 60.7 Å². The van der Waals surface area contributed by atoms with E-state index in [0.717, 1.165) is 17.7 Å². The van der Waals surface area contributed by atoms with E-state index in [2.05, 4.69) is 0 Å². The van der Waals surface area contributed by atoms with E-state index in [4.69, 9.17) is 4.74 Å². The molecule has 2 amide bonds. The van der Waals surface area contributed by atoms with Crippen LogP contribution in [0.5, 0.6) is 0 Å². The molecule has 5 nitrogen and oxygen atoms in total. The van der Waals surface area contributed by atoms with Gasteiger partial charge in [-0.15, -0.1) is 0 Å². The molecule has 2 aromatic rings. The second kappa shape index (κ2) is 6.92. The lowest BCUT2D eigenvalue weighted by Crippen LogP contribution is -2.48. The van der Waals surface area contributed by atoms with Crippen LogP contribution >= 0.6 is 0 Å². The normalized spacial score (nSPS) is 24.3. The van der Waals surface area contributed by atoms with E-state index < -0.39 is 12.1 Å². The van der Waals surface area contributed by atoms with Crippen molar-refractivity contribution in [1.29, 1.82) is 0 Å². The quantitative estimate of drug-likeness (QED) is 0.797. The summed E-state index contributed by atoms with van der Waals surface area (Å²) < 4.78 is 5.63. The Morgan fingerprint density at radius 3 is 2.38 bits per heavy atom. The molecule has 3 atom stereocenters. The van der Waals surface area contributed by atoms with Crippen LogP contribution in [0, 0.1) is 0 Å². The zero-order valence-corrected chi connectivity index (χ0v) is 14.7. The van der Waals surface area contributed by atoms with Crippen molar-refractivity contribution in [2.75, 3.05) is 18.5 Å². The molecule has 0 saturated carbocycles.